The topological polar surface area (TPSA) is 96.3 Å². The van der Waals surface area contributed by atoms with Crippen LogP contribution in [0.5, 0.6) is 0 Å². The quantitative estimate of drug-likeness (QED) is 0.737. The summed E-state index contributed by atoms with van der Waals surface area (Å²) in [6.07, 6.45) is -0.796. The van der Waals surface area contributed by atoms with E-state index in [9.17, 15) is 17.6 Å². The minimum atomic E-state index is -4.28. The summed E-state index contributed by atoms with van der Waals surface area (Å²) < 4.78 is 72.8. The molecular formula is C18H21F3N2O4S. The summed E-state index contributed by atoms with van der Waals surface area (Å²) in [4.78, 5) is 10.9. The largest absolute Gasteiger partial charge is 0.444 e. The summed E-state index contributed by atoms with van der Waals surface area (Å²) in [7, 11) is -4.28. The predicted molar refractivity (Wildman–Crippen MR) is 96.6 cm³/mol. The van der Waals surface area contributed by atoms with E-state index in [1.54, 1.807) is 0 Å². The van der Waals surface area contributed by atoms with Crippen LogP contribution in [-0.4, -0.2) is 32.3 Å². The summed E-state index contributed by atoms with van der Waals surface area (Å²) in [5.41, 5.74) is -4.41. The fraction of sp³-hybridized carbons (Fsp3) is 0.444. The number of rotatable bonds is 5. The van der Waals surface area contributed by atoms with Gasteiger partial charge in [0.1, 0.15) is 27.9 Å². The summed E-state index contributed by atoms with van der Waals surface area (Å²) in [5, 5.41) is 10.9. The van der Waals surface area contributed by atoms with E-state index in [4.69, 9.17) is 10.00 Å². The highest BCUT2D eigenvalue weighted by molar-refractivity contribution is 7.94. The van der Waals surface area contributed by atoms with Crippen molar-refractivity contribution in [2.75, 3.05) is 6.26 Å². The van der Waals surface area contributed by atoms with Crippen LogP contribution in [0.3, 0.4) is 0 Å². The molecule has 0 heterocycles. The van der Waals surface area contributed by atoms with E-state index in [1.165, 1.54) is 39.0 Å². The van der Waals surface area contributed by atoms with E-state index in [1.807, 2.05) is 5.32 Å². The van der Waals surface area contributed by atoms with E-state index >= 15 is 8.78 Å². The number of benzene rings is 1. The molecule has 1 aromatic rings. The molecule has 1 N–H and O–H groups in total. The third-order valence-corrected chi connectivity index (χ3v) is 4.66. The molecule has 1 rings (SSSR count). The number of nitrogens with zero attached hydrogens (tertiary/aromatic N) is 1. The van der Waals surface area contributed by atoms with E-state index in [0.29, 0.717) is 6.26 Å². The molecule has 0 radical (unpaired) electrons. The lowest BCUT2D eigenvalue weighted by molar-refractivity contribution is -0.0479. The molecule has 0 aliphatic heterocycles. The number of amides is 1. The van der Waals surface area contributed by atoms with Gasteiger partial charge in [0.2, 0.25) is 0 Å². The van der Waals surface area contributed by atoms with Crippen molar-refractivity contribution < 1.29 is 31.1 Å². The van der Waals surface area contributed by atoms with E-state index in [-0.39, 0.29) is 6.08 Å². The Morgan fingerprint density at radius 2 is 1.75 bits per heavy atom. The predicted octanol–water partition coefficient (Wildman–Crippen LogP) is 3.65. The van der Waals surface area contributed by atoms with Crippen LogP contribution in [0.25, 0.3) is 0 Å². The van der Waals surface area contributed by atoms with Crippen molar-refractivity contribution in [1.29, 1.82) is 5.26 Å². The van der Waals surface area contributed by atoms with Gasteiger partial charge in [-0.25, -0.2) is 17.6 Å². The number of allylic oxidation sites excluding steroid dienone is 1. The van der Waals surface area contributed by atoms with Gasteiger partial charge >= 0.3 is 6.09 Å². The molecule has 0 spiro atoms. The summed E-state index contributed by atoms with van der Waals surface area (Å²) in [6.45, 7) is 5.32. The molecule has 1 atom stereocenters. The smallest absolute Gasteiger partial charge is 0.408 e. The lowest BCUT2D eigenvalue weighted by Crippen LogP contribution is -2.56. The number of carbonyl (C=O) groups is 1. The van der Waals surface area contributed by atoms with Gasteiger partial charge < -0.3 is 10.1 Å². The number of nitriles is 1. The molecule has 0 fully saturated rings. The van der Waals surface area contributed by atoms with Crippen molar-refractivity contribution in [2.45, 2.75) is 44.8 Å². The Labute approximate surface area is 161 Å². The maximum atomic E-state index is 15.2. The molecule has 10 heteroatoms. The van der Waals surface area contributed by atoms with Crippen molar-refractivity contribution >= 4 is 15.9 Å². The van der Waals surface area contributed by atoms with Gasteiger partial charge in [0.15, 0.2) is 9.84 Å². The van der Waals surface area contributed by atoms with Crippen molar-refractivity contribution in [3.63, 3.8) is 0 Å². The average Bonchev–Trinajstić information content (AvgIpc) is 2.49. The highest BCUT2D eigenvalue weighted by atomic mass is 32.2. The van der Waals surface area contributed by atoms with Crippen LogP contribution in [0.4, 0.5) is 18.0 Å². The van der Waals surface area contributed by atoms with Crippen molar-refractivity contribution in [1.82, 2.24) is 5.32 Å². The second kappa shape index (κ2) is 7.83. The van der Waals surface area contributed by atoms with E-state index in [0.717, 1.165) is 19.1 Å². The molecule has 0 unspecified atom stereocenters. The standard InChI is InChI=1S/C18H21F3N2O4S/c1-16(2,3)27-15(24)23-17(4,13-8-6-7-9-14(13)19)18(20,21)10-12(11-22)28(5,25)26/h6-10H,1-5H3,(H,23,24)/b12-10+/t17-/m1/s1. The van der Waals surface area contributed by atoms with Crippen molar-refractivity contribution in [3.8, 4) is 6.07 Å². The number of alkyl halides is 2. The Morgan fingerprint density at radius 3 is 2.18 bits per heavy atom. The first kappa shape index (κ1) is 23.5. The number of sulfone groups is 1. The lowest BCUT2D eigenvalue weighted by Gasteiger charge is -2.37. The molecule has 0 aliphatic rings. The zero-order valence-corrected chi connectivity index (χ0v) is 16.8. The van der Waals surface area contributed by atoms with Crippen LogP contribution in [0.1, 0.15) is 33.3 Å². The van der Waals surface area contributed by atoms with Gasteiger partial charge in [-0.05, 0) is 33.8 Å². The van der Waals surface area contributed by atoms with Crippen molar-refractivity contribution in [3.05, 3.63) is 46.6 Å². The first-order valence-electron chi connectivity index (χ1n) is 8.00. The molecule has 0 aromatic heterocycles. The number of nitrogens with one attached hydrogen (secondary N) is 1. The number of hydrogen-bond acceptors (Lipinski definition) is 5. The van der Waals surface area contributed by atoms with Gasteiger partial charge in [-0.2, -0.15) is 14.0 Å². The summed E-state index contributed by atoms with van der Waals surface area (Å²) >= 11 is 0. The zero-order chi connectivity index (χ0) is 22.0. The molecule has 0 aliphatic carbocycles. The number of carbonyl (C=O) groups excluding carboxylic acids is 1. The van der Waals surface area contributed by atoms with Crippen LogP contribution in [0.2, 0.25) is 0 Å². The highest BCUT2D eigenvalue weighted by Crippen LogP contribution is 2.41. The maximum Gasteiger partial charge on any atom is 0.408 e. The minimum absolute atomic E-state index is 0.105. The van der Waals surface area contributed by atoms with Gasteiger partial charge in [-0.1, -0.05) is 18.2 Å². The van der Waals surface area contributed by atoms with Crippen LogP contribution in [0, 0.1) is 17.1 Å². The van der Waals surface area contributed by atoms with E-state index in [2.05, 4.69) is 0 Å². The lowest BCUT2D eigenvalue weighted by atomic mass is 9.84. The third kappa shape index (κ3) is 5.48. The zero-order valence-electron chi connectivity index (χ0n) is 16.0. The Morgan fingerprint density at radius 1 is 1.21 bits per heavy atom. The van der Waals surface area contributed by atoms with E-state index < -0.39 is 49.3 Å². The molecule has 0 bridgehead atoms. The monoisotopic (exact) mass is 418 g/mol. The van der Waals surface area contributed by atoms with Gasteiger partial charge in [0.25, 0.3) is 5.92 Å². The summed E-state index contributed by atoms with van der Waals surface area (Å²) in [6, 6.07) is 5.64. The molecule has 1 amide bonds. The second-order valence-electron chi connectivity index (χ2n) is 7.25. The molecule has 0 saturated heterocycles. The molecular weight excluding hydrogens is 397 g/mol. The summed E-state index contributed by atoms with van der Waals surface area (Å²) in [5.74, 6) is -5.24. The van der Waals surface area contributed by atoms with Gasteiger partial charge in [0.05, 0.1) is 0 Å². The molecule has 1 aromatic carbocycles. The van der Waals surface area contributed by atoms with Gasteiger partial charge in [0, 0.05) is 17.9 Å². The van der Waals surface area contributed by atoms with Crippen LogP contribution in [-0.2, 0) is 20.1 Å². The first-order chi connectivity index (χ1) is 12.5. The molecule has 28 heavy (non-hydrogen) atoms. The van der Waals surface area contributed by atoms with Crippen LogP contribution >= 0.6 is 0 Å². The number of halogens is 3. The number of alkyl carbamates (subject to hydrolysis) is 1. The van der Waals surface area contributed by atoms with Gasteiger partial charge in [-0.15, -0.1) is 0 Å². The highest BCUT2D eigenvalue weighted by Gasteiger charge is 2.53. The van der Waals surface area contributed by atoms with Crippen LogP contribution in [0.15, 0.2) is 35.2 Å². The Balaban J connectivity index is 3.63. The normalized spacial score (nSPS) is 15.3. The fourth-order valence-electron chi connectivity index (χ4n) is 2.24. The first-order valence-corrected chi connectivity index (χ1v) is 9.89. The molecule has 6 nitrogen and oxygen atoms in total. The third-order valence-electron chi connectivity index (χ3n) is 3.65. The Bertz CT molecular complexity index is 931. The SMILES string of the molecule is CC(C)(C)OC(=O)N[C@](C)(c1ccccc1F)C(F)(F)/C=C(\C#N)S(C)(=O)=O. The van der Waals surface area contributed by atoms with Crippen LogP contribution < -0.4 is 5.32 Å². The molecule has 154 valence electrons. The van der Waals surface area contributed by atoms with Crippen molar-refractivity contribution in [2.24, 2.45) is 0 Å². The second-order valence-corrected chi connectivity index (χ2v) is 9.23. The molecule has 0 saturated carbocycles. The number of hydrogen-bond donors (Lipinski definition) is 1. The van der Waals surface area contributed by atoms with Gasteiger partial charge in [-0.3, -0.25) is 0 Å². The number of ether oxygens (including phenoxy) is 1. The average molecular weight is 418 g/mol. The Kier molecular flexibility index (Phi) is 6.57. The maximum absolute atomic E-state index is 15.2. The Hall–Kier alpha value is -2.54. The fourth-order valence-corrected chi connectivity index (χ4v) is 2.76. The minimum Gasteiger partial charge on any atom is -0.444 e.